The van der Waals surface area contributed by atoms with E-state index in [-0.39, 0.29) is 11.9 Å². The number of nitrogens with one attached hydrogen (secondary N) is 1. The number of nitrogens with two attached hydrogens (primary N) is 1. The molecule has 0 radical (unpaired) electrons. The Morgan fingerprint density at radius 3 is 2.67 bits per heavy atom. The minimum Gasteiger partial charge on any atom is -0.272 e. The molecule has 1 aromatic carbocycles. The first-order valence-electron chi connectivity index (χ1n) is 6.81. The van der Waals surface area contributed by atoms with Crippen LogP contribution in [0.1, 0.15) is 22.5 Å². The van der Waals surface area contributed by atoms with Crippen molar-refractivity contribution in [2.45, 2.75) is 32.7 Å². The fourth-order valence-electron chi connectivity index (χ4n) is 2.51. The molecule has 0 aliphatic rings. The van der Waals surface area contributed by atoms with Crippen molar-refractivity contribution in [2.75, 3.05) is 0 Å². The van der Waals surface area contributed by atoms with E-state index in [9.17, 15) is 4.39 Å². The van der Waals surface area contributed by atoms with E-state index >= 15 is 0 Å². The number of hydrogen-bond acceptors (Lipinski definition) is 3. The molecule has 4 nitrogen and oxygen atoms in total. The standard InChI is InChI=1S/C15H20BrFN4/c1-9-14(10(2)21(3)20-9)8-13(19-18)7-11-6-12(16)4-5-15(11)17/h4-6,13,19H,7-8,18H2,1-3H3. The van der Waals surface area contributed by atoms with E-state index in [0.29, 0.717) is 18.4 Å². The molecule has 1 aromatic heterocycles. The summed E-state index contributed by atoms with van der Waals surface area (Å²) in [5.41, 5.74) is 6.70. The number of aromatic nitrogens is 2. The smallest absolute Gasteiger partial charge is 0.126 e. The van der Waals surface area contributed by atoms with Crippen LogP contribution in [0.25, 0.3) is 0 Å². The summed E-state index contributed by atoms with van der Waals surface area (Å²) < 4.78 is 16.6. The zero-order valence-electron chi connectivity index (χ0n) is 12.5. The summed E-state index contributed by atoms with van der Waals surface area (Å²) in [7, 11) is 1.92. The van der Waals surface area contributed by atoms with Gasteiger partial charge < -0.3 is 0 Å². The van der Waals surface area contributed by atoms with Crippen LogP contribution >= 0.6 is 15.9 Å². The van der Waals surface area contributed by atoms with Crippen molar-refractivity contribution in [1.82, 2.24) is 15.2 Å². The van der Waals surface area contributed by atoms with E-state index in [4.69, 9.17) is 5.84 Å². The number of benzene rings is 1. The van der Waals surface area contributed by atoms with Gasteiger partial charge in [0.05, 0.1) is 5.69 Å². The summed E-state index contributed by atoms with van der Waals surface area (Å²) in [5.74, 6) is 5.44. The summed E-state index contributed by atoms with van der Waals surface area (Å²) in [6, 6.07) is 4.91. The van der Waals surface area contributed by atoms with Gasteiger partial charge >= 0.3 is 0 Å². The second kappa shape index (κ2) is 6.68. The van der Waals surface area contributed by atoms with Crippen LogP contribution in [-0.4, -0.2) is 15.8 Å². The number of hydrogen-bond donors (Lipinski definition) is 2. The van der Waals surface area contributed by atoms with Crippen LogP contribution in [0.3, 0.4) is 0 Å². The average molecular weight is 355 g/mol. The van der Waals surface area contributed by atoms with E-state index in [2.05, 4.69) is 26.5 Å². The third kappa shape index (κ3) is 3.70. The second-order valence-corrected chi connectivity index (χ2v) is 6.20. The maximum atomic E-state index is 13.9. The van der Waals surface area contributed by atoms with Gasteiger partial charge in [0, 0.05) is 23.3 Å². The Hall–Kier alpha value is -1.24. The molecule has 0 spiro atoms. The highest BCUT2D eigenvalue weighted by Gasteiger charge is 2.17. The summed E-state index contributed by atoms with van der Waals surface area (Å²) in [6.07, 6.45) is 1.24. The number of rotatable bonds is 5. The van der Waals surface area contributed by atoms with E-state index < -0.39 is 0 Å². The summed E-state index contributed by atoms with van der Waals surface area (Å²) in [4.78, 5) is 0. The predicted molar refractivity (Wildman–Crippen MR) is 85.3 cm³/mol. The molecule has 1 atom stereocenters. The molecule has 21 heavy (non-hydrogen) atoms. The molecular formula is C15H20BrFN4. The lowest BCUT2D eigenvalue weighted by atomic mass is 9.98. The van der Waals surface area contributed by atoms with Crippen LogP contribution < -0.4 is 11.3 Å². The molecule has 3 N–H and O–H groups in total. The lowest BCUT2D eigenvalue weighted by Crippen LogP contribution is -2.38. The Labute approximate surface area is 132 Å². The third-order valence-corrected chi connectivity index (χ3v) is 4.31. The van der Waals surface area contributed by atoms with Gasteiger partial charge in [0.2, 0.25) is 0 Å². The summed E-state index contributed by atoms with van der Waals surface area (Å²) in [5, 5.41) is 4.40. The van der Waals surface area contributed by atoms with Crippen LogP contribution in [0.2, 0.25) is 0 Å². The molecule has 114 valence electrons. The molecule has 1 unspecified atom stereocenters. The Morgan fingerprint density at radius 1 is 1.38 bits per heavy atom. The van der Waals surface area contributed by atoms with Gasteiger partial charge in [-0.3, -0.25) is 16.0 Å². The minimum atomic E-state index is -0.210. The fraction of sp³-hybridized carbons (Fsp3) is 0.400. The van der Waals surface area contributed by atoms with E-state index in [0.717, 1.165) is 21.4 Å². The monoisotopic (exact) mass is 354 g/mol. The highest BCUT2D eigenvalue weighted by atomic mass is 79.9. The molecule has 0 bridgehead atoms. The molecule has 0 saturated heterocycles. The molecule has 6 heteroatoms. The lowest BCUT2D eigenvalue weighted by molar-refractivity contribution is 0.504. The van der Waals surface area contributed by atoms with Gasteiger partial charge in [0.1, 0.15) is 5.82 Å². The number of nitrogens with zero attached hydrogens (tertiary/aromatic N) is 2. The van der Waals surface area contributed by atoms with Crippen molar-refractivity contribution < 1.29 is 4.39 Å². The van der Waals surface area contributed by atoms with Crippen LogP contribution in [0.5, 0.6) is 0 Å². The van der Waals surface area contributed by atoms with E-state index in [1.807, 2.05) is 25.6 Å². The Morgan fingerprint density at radius 2 is 2.10 bits per heavy atom. The van der Waals surface area contributed by atoms with Gasteiger partial charge in [0.25, 0.3) is 0 Å². The summed E-state index contributed by atoms with van der Waals surface area (Å²) in [6.45, 7) is 4.01. The molecule has 0 aliphatic heterocycles. The van der Waals surface area contributed by atoms with Crippen molar-refractivity contribution >= 4 is 15.9 Å². The van der Waals surface area contributed by atoms with Crippen LogP contribution in [-0.2, 0) is 19.9 Å². The average Bonchev–Trinajstić information content (AvgIpc) is 2.68. The van der Waals surface area contributed by atoms with Crippen LogP contribution in [0.15, 0.2) is 22.7 Å². The summed E-state index contributed by atoms with van der Waals surface area (Å²) >= 11 is 3.37. The van der Waals surface area contributed by atoms with Gasteiger partial charge in [-0.25, -0.2) is 4.39 Å². The maximum Gasteiger partial charge on any atom is 0.126 e. The lowest BCUT2D eigenvalue weighted by Gasteiger charge is -2.17. The van der Waals surface area contributed by atoms with Crippen LogP contribution in [0.4, 0.5) is 4.39 Å². The van der Waals surface area contributed by atoms with Gasteiger partial charge in [0.15, 0.2) is 0 Å². The molecular weight excluding hydrogens is 335 g/mol. The SMILES string of the molecule is Cc1nn(C)c(C)c1CC(Cc1cc(Br)ccc1F)NN. The van der Waals surface area contributed by atoms with Crippen LogP contribution in [0, 0.1) is 19.7 Å². The minimum absolute atomic E-state index is 0.0459. The Balaban J connectivity index is 2.19. The topological polar surface area (TPSA) is 55.9 Å². The van der Waals surface area contributed by atoms with Gasteiger partial charge in [-0.05, 0) is 56.0 Å². The first-order valence-corrected chi connectivity index (χ1v) is 7.60. The first-order chi connectivity index (χ1) is 9.92. The fourth-order valence-corrected chi connectivity index (χ4v) is 2.92. The molecule has 2 aromatic rings. The van der Waals surface area contributed by atoms with Gasteiger partial charge in [-0.1, -0.05) is 15.9 Å². The molecule has 1 heterocycles. The third-order valence-electron chi connectivity index (χ3n) is 3.82. The Kier molecular flexibility index (Phi) is 5.13. The highest BCUT2D eigenvalue weighted by Crippen LogP contribution is 2.20. The maximum absolute atomic E-state index is 13.9. The van der Waals surface area contributed by atoms with Crippen molar-refractivity contribution in [3.8, 4) is 0 Å². The van der Waals surface area contributed by atoms with Crippen molar-refractivity contribution in [3.05, 3.63) is 51.0 Å². The molecule has 2 rings (SSSR count). The molecule has 0 amide bonds. The van der Waals surface area contributed by atoms with E-state index in [1.165, 1.54) is 6.07 Å². The first kappa shape index (κ1) is 16.1. The normalized spacial score (nSPS) is 12.7. The molecule has 0 fully saturated rings. The van der Waals surface area contributed by atoms with Gasteiger partial charge in [-0.2, -0.15) is 5.10 Å². The van der Waals surface area contributed by atoms with Crippen molar-refractivity contribution in [2.24, 2.45) is 12.9 Å². The number of aryl methyl sites for hydroxylation is 2. The molecule has 0 aliphatic carbocycles. The van der Waals surface area contributed by atoms with Gasteiger partial charge in [-0.15, -0.1) is 0 Å². The zero-order chi connectivity index (χ0) is 15.6. The highest BCUT2D eigenvalue weighted by molar-refractivity contribution is 9.10. The second-order valence-electron chi connectivity index (χ2n) is 5.28. The zero-order valence-corrected chi connectivity index (χ0v) is 14.0. The number of halogens is 2. The van der Waals surface area contributed by atoms with E-state index in [1.54, 1.807) is 12.1 Å². The predicted octanol–water partition coefficient (Wildman–Crippen LogP) is 2.56. The quantitative estimate of drug-likeness (QED) is 0.640. The van der Waals surface area contributed by atoms with Crippen molar-refractivity contribution in [1.29, 1.82) is 0 Å². The Bertz CT molecular complexity index is 639. The largest absolute Gasteiger partial charge is 0.272 e. The molecule has 0 saturated carbocycles. The van der Waals surface area contributed by atoms with Crippen molar-refractivity contribution in [3.63, 3.8) is 0 Å². The number of hydrazine groups is 1.